The van der Waals surface area contributed by atoms with Gasteiger partial charge in [-0.2, -0.15) is 0 Å². The van der Waals surface area contributed by atoms with E-state index in [1.165, 1.54) is 48.4 Å². The molecule has 0 bridgehead atoms. The second-order valence-electron chi connectivity index (χ2n) is 8.83. The van der Waals surface area contributed by atoms with E-state index in [-0.39, 0.29) is 5.92 Å². The molecular formula is C29H46O3. The second kappa shape index (κ2) is 15.4. The molecule has 0 aliphatic carbocycles. The third-order valence-corrected chi connectivity index (χ3v) is 5.99. The van der Waals surface area contributed by atoms with Gasteiger partial charge in [0.25, 0.3) is 5.97 Å². The molecule has 3 nitrogen and oxygen atoms in total. The van der Waals surface area contributed by atoms with E-state index < -0.39 is 5.97 Å². The maximum Gasteiger partial charge on any atom is 0.290 e. The van der Waals surface area contributed by atoms with Crippen molar-refractivity contribution in [2.45, 2.75) is 104 Å². The summed E-state index contributed by atoms with van der Waals surface area (Å²) < 4.78 is 19.5. The van der Waals surface area contributed by atoms with Crippen LogP contribution in [0.3, 0.4) is 0 Å². The van der Waals surface area contributed by atoms with Crippen molar-refractivity contribution in [2.24, 2.45) is 0 Å². The van der Waals surface area contributed by atoms with Crippen molar-refractivity contribution in [3.8, 4) is 0 Å². The van der Waals surface area contributed by atoms with E-state index in [1.807, 2.05) is 0 Å². The number of hydrogen-bond donors (Lipinski definition) is 0. The summed E-state index contributed by atoms with van der Waals surface area (Å²) in [5, 5.41) is 2.53. The van der Waals surface area contributed by atoms with Gasteiger partial charge in [0.15, 0.2) is 0 Å². The molecule has 0 saturated heterocycles. The van der Waals surface area contributed by atoms with Gasteiger partial charge in [-0.25, -0.2) is 0 Å². The first-order valence-corrected chi connectivity index (χ1v) is 13.1. The third-order valence-electron chi connectivity index (χ3n) is 5.99. The topological polar surface area (TPSA) is 27.7 Å². The standard InChI is InChI=1S/C29H46O3/c1-5-9-10-11-12-13-21-28(27-20-16-18-25-17-14-15-19-26(25)27)29(30-22-6-2,31-23-7-3)32-24-8-4/h14-20,28H,5-13,21-24H2,1-4H3. The Balaban J connectivity index is 2.43. The van der Waals surface area contributed by atoms with E-state index in [4.69, 9.17) is 14.2 Å². The molecule has 2 rings (SSSR count). The smallest absolute Gasteiger partial charge is 0.290 e. The number of hydrogen-bond acceptors (Lipinski definition) is 3. The summed E-state index contributed by atoms with van der Waals surface area (Å²) >= 11 is 0. The van der Waals surface area contributed by atoms with Crippen molar-refractivity contribution in [3.63, 3.8) is 0 Å². The minimum absolute atomic E-state index is 0.0319. The van der Waals surface area contributed by atoms with Crippen molar-refractivity contribution in [1.82, 2.24) is 0 Å². The van der Waals surface area contributed by atoms with Crippen molar-refractivity contribution in [3.05, 3.63) is 48.0 Å². The zero-order valence-corrected chi connectivity index (χ0v) is 21.0. The summed E-state index contributed by atoms with van der Waals surface area (Å²) in [4.78, 5) is 0. The highest BCUT2D eigenvalue weighted by Crippen LogP contribution is 2.41. The van der Waals surface area contributed by atoms with Gasteiger partial charge in [0, 0.05) is 0 Å². The highest BCUT2D eigenvalue weighted by atomic mass is 16.9. The van der Waals surface area contributed by atoms with Crippen LogP contribution in [-0.2, 0) is 14.2 Å². The van der Waals surface area contributed by atoms with E-state index in [0.29, 0.717) is 19.8 Å². The predicted octanol–water partition coefficient (Wildman–Crippen LogP) is 8.61. The van der Waals surface area contributed by atoms with Crippen LogP contribution in [0.5, 0.6) is 0 Å². The van der Waals surface area contributed by atoms with E-state index >= 15 is 0 Å². The quantitative estimate of drug-likeness (QED) is 0.171. The van der Waals surface area contributed by atoms with Gasteiger partial charge in [0.2, 0.25) is 0 Å². The summed E-state index contributed by atoms with van der Waals surface area (Å²) in [7, 11) is 0. The molecule has 1 atom stereocenters. The average molecular weight is 443 g/mol. The highest BCUT2D eigenvalue weighted by Gasteiger charge is 2.44. The molecule has 0 N–H and O–H groups in total. The number of fused-ring (bicyclic) bond motifs is 1. The fraction of sp³-hybridized carbons (Fsp3) is 0.655. The predicted molar refractivity (Wildman–Crippen MR) is 136 cm³/mol. The molecule has 0 aliphatic heterocycles. The van der Waals surface area contributed by atoms with Gasteiger partial charge in [0.05, 0.1) is 25.7 Å². The molecule has 0 fully saturated rings. The summed E-state index contributed by atoms with van der Waals surface area (Å²) in [6, 6.07) is 15.3. The molecule has 2 aromatic rings. The summed E-state index contributed by atoms with van der Waals surface area (Å²) in [6.07, 6.45) is 11.4. The largest absolute Gasteiger partial charge is 0.327 e. The lowest BCUT2D eigenvalue weighted by atomic mass is 9.87. The van der Waals surface area contributed by atoms with Gasteiger partial charge >= 0.3 is 0 Å². The molecule has 0 aromatic heterocycles. The molecule has 0 heterocycles. The average Bonchev–Trinajstić information content (AvgIpc) is 2.83. The number of unbranched alkanes of at least 4 members (excludes halogenated alkanes) is 5. The van der Waals surface area contributed by atoms with Crippen molar-refractivity contribution < 1.29 is 14.2 Å². The number of benzene rings is 2. The van der Waals surface area contributed by atoms with Gasteiger partial charge in [-0.1, -0.05) is 109 Å². The van der Waals surface area contributed by atoms with Crippen molar-refractivity contribution in [1.29, 1.82) is 0 Å². The first-order valence-electron chi connectivity index (χ1n) is 13.1. The van der Waals surface area contributed by atoms with Crippen LogP contribution >= 0.6 is 0 Å². The minimum atomic E-state index is -1.03. The molecule has 3 heteroatoms. The van der Waals surface area contributed by atoms with Crippen LogP contribution in [0, 0.1) is 0 Å². The maximum atomic E-state index is 6.50. The SMILES string of the molecule is CCCCCCCCC(c1cccc2ccccc12)C(OCCC)(OCCC)OCCC. The molecule has 0 amide bonds. The van der Waals surface area contributed by atoms with Crippen LogP contribution in [0.1, 0.15) is 103 Å². The lowest BCUT2D eigenvalue weighted by molar-refractivity contribution is -0.392. The van der Waals surface area contributed by atoms with Crippen LogP contribution in [0.15, 0.2) is 42.5 Å². The monoisotopic (exact) mass is 442 g/mol. The molecule has 0 radical (unpaired) electrons. The Hall–Kier alpha value is -1.42. The molecule has 0 spiro atoms. The van der Waals surface area contributed by atoms with Crippen LogP contribution < -0.4 is 0 Å². The number of ether oxygens (including phenoxy) is 3. The van der Waals surface area contributed by atoms with Gasteiger partial charge in [-0.3, -0.25) is 0 Å². The third kappa shape index (κ3) is 7.86. The Bertz CT molecular complexity index is 715. The highest BCUT2D eigenvalue weighted by molar-refractivity contribution is 5.86. The van der Waals surface area contributed by atoms with Crippen LogP contribution in [0.4, 0.5) is 0 Å². The Morgan fingerprint density at radius 1 is 0.625 bits per heavy atom. The van der Waals surface area contributed by atoms with Gasteiger partial charge in [-0.15, -0.1) is 0 Å². The van der Waals surface area contributed by atoms with E-state index in [2.05, 4.69) is 70.2 Å². The van der Waals surface area contributed by atoms with Crippen molar-refractivity contribution >= 4 is 10.8 Å². The molecule has 32 heavy (non-hydrogen) atoms. The lowest BCUT2D eigenvalue weighted by Crippen LogP contribution is -2.46. The van der Waals surface area contributed by atoms with E-state index in [0.717, 1.165) is 32.1 Å². The van der Waals surface area contributed by atoms with Gasteiger partial charge < -0.3 is 14.2 Å². The molecule has 2 aromatic carbocycles. The molecular weight excluding hydrogens is 396 g/mol. The normalized spacial score (nSPS) is 13.0. The fourth-order valence-corrected chi connectivity index (χ4v) is 4.37. The van der Waals surface area contributed by atoms with E-state index in [1.54, 1.807) is 0 Å². The zero-order valence-electron chi connectivity index (χ0n) is 21.0. The first kappa shape index (κ1) is 26.8. The first-order chi connectivity index (χ1) is 15.7. The second-order valence-corrected chi connectivity index (χ2v) is 8.83. The summed E-state index contributed by atoms with van der Waals surface area (Å²) in [6.45, 7) is 10.6. The molecule has 1 unspecified atom stereocenters. The molecule has 0 aliphatic rings. The molecule has 0 saturated carbocycles. The summed E-state index contributed by atoms with van der Waals surface area (Å²) in [5.74, 6) is -1.00. The lowest BCUT2D eigenvalue weighted by Gasteiger charge is -2.40. The fourth-order valence-electron chi connectivity index (χ4n) is 4.37. The number of rotatable bonds is 18. The van der Waals surface area contributed by atoms with Gasteiger partial charge in [0.1, 0.15) is 0 Å². The minimum Gasteiger partial charge on any atom is -0.327 e. The Morgan fingerprint density at radius 3 is 1.81 bits per heavy atom. The van der Waals surface area contributed by atoms with Crippen LogP contribution in [0.2, 0.25) is 0 Å². The molecule has 180 valence electrons. The van der Waals surface area contributed by atoms with Crippen molar-refractivity contribution in [2.75, 3.05) is 19.8 Å². The van der Waals surface area contributed by atoms with Crippen LogP contribution in [0.25, 0.3) is 10.8 Å². The Labute approximate surface area is 196 Å². The Kier molecular flexibility index (Phi) is 12.9. The maximum absolute atomic E-state index is 6.50. The van der Waals surface area contributed by atoms with Gasteiger partial charge in [-0.05, 0) is 42.0 Å². The van der Waals surface area contributed by atoms with E-state index in [9.17, 15) is 0 Å². The zero-order chi connectivity index (χ0) is 23.1. The van der Waals surface area contributed by atoms with Crippen LogP contribution in [-0.4, -0.2) is 25.8 Å². The summed E-state index contributed by atoms with van der Waals surface area (Å²) in [5.41, 5.74) is 1.28. The Morgan fingerprint density at radius 2 is 1.19 bits per heavy atom.